The fourth-order valence-electron chi connectivity index (χ4n) is 2.02. The molecule has 2 N–H and O–H groups in total. The predicted octanol–water partition coefficient (Wildman–Crippen LogP) is 2.50. The normalized spacial score (nSPS) is 10.8. The monoisotopic (exact) mass is 347 g/mol. The Morgan fingerprint density at radius 2 is 1.88 bits per heavy atom. The van der Waals surface area contributed by atoms with Crippen LogP contribution in [0.15, 0.2) is 41.5 Å². The molecule has 0 bridgehead atoms. The molecular weight excluding hydrogens is 332 g/mol. The van der Waals surface area contributed by atoms with E-state index in [0.717, 1.165) is 17.3 Å². The van der Waals surface area contributed by atoms with E-state index in [4.69, 9.17) is 5.21 Å². The van der Waals surface area contributed by atoms with Crippen molar-refractivity contribution in [2.45, 2.75) is 6.92 Å². The largest absolute Gasteiger partial charge is 0.288 e. The number of aryl methyl sites for hydroxylation is 1. The van der Waals surface area contributed by atoms with Gasteiger partial charge in [0.1, 0.15) is 11.6 Å². The van der Waals surface area contributed by atoms with E-state index in [1.807, 2.05) is 0 Å². The topological polar surface area (TPSA) is 82.0 Å². The van der Waals surface area contributed by atoms with Crippen molar-refractivity contribution in [3.05, 3.63) is 70.3 Å². The molecule has 0 spiro atoms. The second-order valence-electron chi connectivity index (χ2n) is 5.23. The molecule has 2 aromatic carbocycles. The van der Waals surface area contributed by atoms with E-state index < -0.39 is 23.4 Å². The Balaban J connectivity index is 2.19. The van der Waals surface area contributed by atoms with Gasteiger partial charge in [0.25, 0.3) is 11.8 Å². The van der Waals surface area contributed by atoms with Crippen LogP contribution < -0.4 is 5.48 Å². The van der Waals surface area contributed by atoms with Gasteiger partial charge in [-0.2, -0.15) is 5.10 Å². The van der Waals surface area contributed by atoms with Gasteiger partial charge < -0.3 is 0 Å². The van der Waals surface area contributed by atoms with E-state index in [0.29, 0.717) is 5.56 Å². The number of hydrazone groups is 1. The van der Waals surface area contributed by atoms with Crippen molar-refractivity contribution < 1.29 is 23.6 Å². The highest BCUT2D eigenvalue weighted by Gasteiger charge is 2.16. The first-order valence-electron chi connectivity index (χ1n) is 7.15. The SMILES string of the molecule is Cc1ccc(F)c(C(=O)N(C)N=Cc2ccc(C(=O)NO)cc2F)c1. The van der Waals surface area contributed by atoms with Crippen LogP contribution in [-0.2, 0) is 0 Å². The lowest BCUT2D eigenvalue weighted by Crippen LogP contribution is -2.22. The first-order valence-corrected chi connectivity index (χ1v) is 7.15. The maximum Gasteiger partial charge on any atom is 0.276 e. The number of amides is 2. The average Bonchev–Trinajstić information content (AvgIpc) is 2.61. The number of carbonyl (C=O) groups is 2. The maximum atomic E-state index is 13.9. The lowest BCUT2D eigenvalue weighted by atomic mass is 10.1. The van der Waals surface area contributed by atoms with Crippen LogP contribution in [0.4, 0.5) is 8.78 Å². The van der Waals surface area contributed by atoms with Crippen LogP contribution in [0.1, 0.15) is 31.8 Å². The minimum Gasteiger partial charge on any atom is -0.288 e. The number of benzene rings is 2. The van der Waals surface area contributed by atoms with E-state index in [1.54, 1.807) is 6.92 Å². The van der Waals surface area contributed by atoms with Crippen molar-refractivity contribution in [3.8, 4) is 0 Å². The van der Waals surface area contributed by atoms with Gasteiger partial charge >= 0.3 is 0 Å². The molecule has 8 heteroatoms. The molecule has 0 atom stereocenters. The number of hydrogen-bond donors (Lipinski definition) is 2. The molecule has 0 unspecified atom stereocenters. The molecule has 0 heterocycles. The second-order valence-corrected chi connectivity index (χ2v) is 5.23. The van der Waals surface area contributed by atoms with Gasteiger partial charge in [-0.05, 0) is 37.3 Å². The molecule has 0 saturated heterocycles. The summed E-state index contributed by atoms with van der Waals surface area (Å²) in [7, 11) is 1.31. The summed E-state index contributed by atoms with van der Waals surface area (Å²) >= 11 is 0. The fourth-order valence-corrected chi connectivity index (χ4v) is 2.02. The van der Waals surface area contributed by atoms with E-state index in [1.165, 1.54) is 42.9 Å². The summed E-state index contributed by atoms with van der Waals surface area (Å²) in [5, 5.41) is 13.2. The zero-order chi connectivity index (χ0) is 18.6. The van der Waals surface area contributed by atoms with Crippen LogP contribution in [0.3, 0.4) is 0 Å². The maximum absolute atomic E-state index is 13.9. The highest BCUT2D eigenvalue weighted by molar-refractivity contribution is 5.96. The van der Waals surface area contributed by atoms with Crippen molar-refractivity contribution >= 4 is 18.0 Å². The first-order chi connectivity index (χ1) is 11.8. The van der Waals surface area contributed by atoms with Gasteiger partial charge in [0, 0.05) is 18.2 Å². The van der Waals surface area contributed by atoms with Crippen LogP contribution in [0.2, 0.25) is 0 Å². The highest BCUT2D eigenvalue weighted by atomic mass is 19.1. The summed E-state index contributed by atoms with van der Waals surface area (Å²) in [6.45, 7) is 1.72. The summed E-state index contributed by atoms with van der Waals surface area (Å²) in [4.78, 5) is 23.4. The van der Waals surface area contributed by atoms with Crippen molar-refractivity contribution in [1.29, 1.82) is 0 Å². The van der Waals surface area contributed by atoms with Gasteiger partial charge in [0.2, 0.25) is 0 Å². The highest BCUT2D eigenvalue weighted by Crippen LogP contribution is 2.13. The Bertz CT molecular complexity index is 853. The van der Waals surface area contributed by atoms with Crippen LogP contribution in [0, 0.1) is 18.6 Å². The van der Waals surface area contributed by atoms with E-state index >= 15 is 0 Å². The number of carbonyl (C=O) groups excluding carboxylic acids is 2. The summed E-state index contributed by atoms with van der Waals surface area (Å²) in [6, 6.07) is 7.56. The molecule has 0 aliphatic rings. The zero-order valence-corrected chi connectivity index (χ0v) is 13.5. The third-order valence-electron chi connectivity index (χ3n) is 3.38. The summed E-state index contributed by atoms with van der Waals surface area (Å²) in [5.74, 6) is -2.99. The standard InChI is InChI=1S/C17H15F2N3O3/c1-10-3-6-14(18)13(7-10)17(24)22(2)20-9-12-5-4-11(8-15(12)19)16(23)21-25/h3-9,25H,1-2H3,(H,21,23). The van der Waals surface area contributed by atoms with Crippen molar-refractivity contribution in [2.24, 2.45) is 5.10 Å². The number of nitrogens with zero attached hydrogens (tertiary/aromatic N) is 2. The number of hydrogen-bond acceptors (Lipinski definition) is 4. The first kappa shape index (κ1) is 18.2. The van der Waals surface area contributed by atoms with Crippen LogP contribution in [0.25, 0.3) is 0 Å². The lowest BCUT2D eigenvalue weighted by Gasteiger charge is -2.12. The van der Waals surface area contributed by atoms with Crippen LogP contribution >= 0.6 is 0 Å². The molecule has 0 radical (unpaired) electrons. The quantitative estimate of drug-likeness (QED) is 0.506. The van der Waals surface area contributed by atoms with Gasteiger partial charge in [-0.3, -0.25) is 14.8 Å². The van der Waals surface area contributed by atoms with E-state index in [-0.39, 0.29) is 16.7 Å². The third kappa shape index (κ3) is 4.24. The van der Waals surface area contributed by atoms with Gasteiger partial charge in [0.15, 0.2) is 0 Å². The molecule has 0 fully saturated rings. The number of hydroxylamine groups is 1. The lowest BCUT2D eigenvalue weighted by molar-refractivity contribution is 0.0705. The van der Waals surface area contributed by atoms with Gasteiger partial charge in [-0.15, -0.1) is 0 Å². The van der Waals surface area contributed by atoms with Gasteiger partial charge in [-0.25, -0.2) is 19.3 Å². The second kappa shape index (κ2) is 7.63. The average molecular weight is 347 g/mol. The Morgan fingerprint density at radius 1 is 1.16 bits per heavy atom. The molecule has 0 saturated carbocycles. The Hall–Kier alpha value is -3.13. The van der Waals surface area contributed by atoms with Crippen molar-refractivity contribution in [3.63, 3.8) is 0 Å². The van der Waals surface area contributed by atoms with Crippen molar-refractivity contribution in [2.75, 3.05) is 7.05 Å². The minimum absolute atomic E-state index is 0.0128. The van der Waals surface area contributed by atoms with Crippen molar-refractivity contribution in [1.82, 2.24) is 10.5 Å². The molecule has 6 nitrogen and oxygen atoms in total. The molecule has 2 aromatic rings. The zero-order valence-electron chi connectivity index (χ0n) is 13.5. The summed E-state index contributed by atoms with van der Waals surface area (Å²) < 4.78 is 27.7. The molecule has 2 rings (SSSR count). The van der Waals surface area contributed by atoms with Crippen LogP contribution in [0.5, 0.6) is 0 Å². The van der Waals surface area contributed by atoms with Crippen LogP contribution in [-0.4, -0.2) is 35.3 Å². The predicted molar refractivity (Wildman–Crippen MR) is 86.5 cm³/mol. The fraction of sp³-hybridized carbons (Fsp3) is 0.118. The Kier molecular flexibility index (Phi) is 5.56. The molecular formula is C17H15F2N3O3. The van der Waals surface area contributed by atoms with Gasteiger partial charge in [-0.1, -0.05) is 11.6 Å². The molecule has 0 aromatic heterocycles. The van der Waals surface area contributed by atoms with Gasteiger partial charge in [0.05, 0.1) is 11.8 Å². The third-order valence-corrected chi connectivity index (χ3v) is 3.38. The van der Waals surface area contributed by atoms with E-state index in [9.17, 15) is 18.4 Å². The number of rotatable bonds is 4. The summed E-state index contributed by atoms with van der Waals surface area (Å²) in [5.41, 5.74) is 1.90. The molecule has 2 amide bonds. The number of halogens is 2. The molecule has 0 aliphatic carbocycles. The molecule has 130 valence electrons. The molecule has 0 aliphatic heterocycles. The summed E-state index contributed by atoms with van der Waals surface area (Å²) in [6.07, 6.45) is 1.07. The number of nitrogens with one attached hydrogen (secondary N) is 1. The Labute approximate surface area is 142 Å². The molecule has 25 heavy (non-hydrogen) atoms. The Morgan fingerprint density at radius 3 is 2.52 bits per heavy atom. The minimum atomic E-state index is -0.857. The van der Waals surface area contributed by atoms with E-state index in [2.05, 4.69) is 5.10 Å². The smallest absolute Gasteiger partial charge is 0.276 e.